The molecule has 0 saturated heterocycles. The van der Waals surface area contributed by atoms with Crippen LogP contribution in [0.25, 0.3) is 0 Å². The summed E-state index contributed by atoms with van der Waals surface area (Å²) in [6.07, 6.45) is 0.906. The largest absolute Gasteiger partial charge is 0.479 e. The monoisotopic (exact) mass is 272 g/mol. The highest BCUT2D eigenvalue weighted by atomic mass is 16.5. The van der Waals surface area contributed by atoms with Gasteiger partial charge in [0.1, 0.15) is 5.75 Å². The highest BCUT2D eigenvalue weighted by molar-refractivity contribution is 6.03. The molecular formula is C14H12N2O4. The summed E-state index contributed by atoms with van der Waals surface area (Å²) < 4.78 is 10.4. The molecule has 0 aliphatic carbocycles. The van der Waals surface area contributed by atoms with Crippen LogP contribution in [0.5, 0.6) is 5.75 Å². The van der Waals surface area contributed by atoms with E-state index in [1.54, 1.807) is 37.3 Å². The summed E-state index contributed by atoms with van der Waals surface area (Å²) in [6, 6.07) is 8.24. The molecule has 0 fully saturated rings. The minimum Gasteiger partial charge on any atom is -0.479 e. The average Bonchev–Trinajstić information content (AvgIpc) is 2.94. The first-order valence-corrected chi connectivity index (χ1v) is 6.10. The Hall–Kier alpha value is -2.76. The average molecular weight is 272 g/mol. The predicted octanol–water partition coefficient (Wildman–Crippen LogP) is 2.25. The number of hydrogen-bond donors (Lipinski definition) is 2. The summed E-state index contributed by atoms with van der Waals surface area (Å²) in [4.78, 5) is 23.4. The van der Waals surface area contributed by atoms with Crippen LogP contribution in [-0.4, -0.2) is 17.9 Å². The molecule has 2 N–H and O–H groups in total. The Morgan fingerprint density at radius 3 is 2.95 bits per heavy atom. The molecule has 2 amide bonds. The Labute approximate surface area is 114 Å². The Bertz CT molecular complexity index is 664. The Morgan fingerprint density at radius 2 is 2.20 bits per heavy atom. The van der Waals surface area contributed by atoms with Gasteiger partial charge in [0.2, 0.25) is 0 Å². The summed E-state index contributed by atoms with van der Waals surface area (Å²) in [7, 11) is 0. The van der Waals surface area contributed by atoms with Crippen LogP contribution in [0.4, 0.5) is 11.4 Å². The van der Waals surface area contributed by atoms with Gasteiger partial charge in [0, 0.05) is 5.69 Å². The van der Waals surface area contributed by atoms with Gasteiger partial charge in [0.15, 0.2) is 11.9 Å². The minimum absolute atomic E-state index is 0.216. The maximum atomic E-state index is 11.8. The number of nitrogens with one attached hydrogen (secondary N) is 2. The van der Waals surface area contributed by atoms with Crippen LogP contribution in [0.3, 0.4) is 0 Å². The van der Waals surface area contributed by atoms with Gasteiger partial charge in [-0.2, -0.15) is 0 Å². The van der Waals surface area contributed by atoms with Crippen LogP contribution >= 0.6 is 0 Å². The number of carbonyl (C=O) groups excluding carboxylic acids is 2. The van der Waals surface area contributed by atoms with Crippen molar-refractivity contribution >= 4 is 23.2 Å². The third-order valence-corrected chi connectivity index (χ3v) is 2.91. The van der Waals surface area contributed by atoms with Crippen molar-refractivity contribution in [3.8, 4) is 5.75 Å². The lowest BCUT2D eigenvalue weighted by Crippen LogP contribution is -2.34. The number of anilines is 2. The van der Waals surface area contributed by atoms with E-state index in [1.807, 2.05) is 0 Å². The molecular weight excluding hydrogens is 260 g/mol. The fourth-order valence-corrected chi connectivity index (χ4v) is 1.89. The third-order valence-electron chi connectivity index (χ3n) is 2.91. The number of carbonyl (C=O) groups is 2. The smallest absolute Gasteiger partial charge is 0.291 e. The Balaban J connectivity index is 1.81. The standard InChI is InChI=1S/C14H12N2O4/c1-8-13(17)16-10-7-9(4-5-11(10)20-8)15-14(18)12-3-2-6-19-12/h2-8H,1H3,(H,15,18)(H,16,17)/t8-/m0/s1. The molecule has 1 atom stereocenters. The van der Waals surface area contributed by atoms with E-state index in [9.17, 15) is 9.59 Å². The van der Waals surface area contributed by atoms with Crippen LogP contribution in [0, 0.1) is 0 Å². The number of furan rings is 1. The molecule has 0 spiro atoms. The second kappa shape index (κ2) is 4.73. The number of hydrogen-bond acceptors (Lipinski definition) is 4. The molecule has 1 aliphatic heterocycles. The van der Waals surface area contributed by atoms with E-state index in [-0.39, 0.29) is 17.6 Å². The van der Waals surface area contributed by atoms with Crippen molar-refractivity contribution in [2.75, 3.05) is 10.6 Å². The molecule has 1 aromatic heterocycles. The van der Waals surface area contributed by atoms with Crippen LogP contribution in [0.15, 0.2) is 41.0 Å². The molecule has 6 nitrogen and oxygen atoms in total. The molecule has 2 aromatic rings. The zero-order chi connectivity index (χ0) is 14.1. The summed E-state index contributed by atoms with van der Waals surface area (Å²) in [5.74, 6) is 0.225. The van der Waals surface area contributed by atoms with Crippen LogP contribution in [0.1, 0.15) is 17.5 Å². The SMILES string of the molecule is C[C@@H]1Oc2ccc(NC(=O)c3ccco3)cc2NC1=O. The molecule has 0 unspecified atom stereocenters. The number of fused-ring (bicyclic) bond motifs is 1. The van der Waals surface area contributed by atoms with Crippen molar-refractivity contribution in [1.29, 1.82) is 0 Å². The highest BCUT2D eigenvalue weighted by Gasteiger charge is 2.23. The second-order valence-corrected chi connectivity index (χ2v) is 4.39. The van der Waals surface area contributed by atoms with Gasteiger partial charge in [-0.15, -0.1) is 0 Å². The topological polar surface area (TPSA) is 80.6 Å². The first-order valence-electron chi connectivity index (χ1n) is 6.10. The highest BCUT2D eigenvalue weighted by Crippen LogP contribution is 2.32. The molecule has 0 radical (unpaired) electrons. The summed E-state index contributed by atoms with van der Waals surface area (Å²) >= 11 is 0. The fourth-order valence-electron chi connectivity index (χ4n) is 1.89. The Morgan fingerprint density at radius 1 is 1.35 bits per heavy atom. The van der Waals surface area contributed by atoms with Crippen molar-refractivity contribution in [2.45, 2.75) is 13.0 Å². The maximum absolute atomic E-state index is 11.8. The molecule has 102 valence electrons. The molecule has 0 saturated carbocycles. The van der Waals surface area contributed by atoms with Crippen LogP contribution < -0.4 is 15.4 Å². The first kappa shape index (κ1) is 12.3. The normalized spacial score (nSPS) is 16.9. The zero-order valence-electron chi connectivity index (χ0n) is 10.7. The van der Waals surface area contributed by atoms with Crippen molar-refractivity contribution in [1.82, 2.24) is 0 Å². The lowest BCUT2D eigenvalue weighted by Gasteiger charge is -2.23. The van der Waals surface area contributed by atoms with Crippen LogP contribution in [-0.2, 0) is 4.79 Å². The molecule has 1 aromatic carbocycles. The van der Waals surface area contributed by atoms with E-state index >= 15 is 0 Å². The fraction of sp³-hybridized carbons (Fsp3) is 0.143. The van der Waals surface area contributed by atoms with E-state index in [0.29, 0.717) is 17.1 Å². The molecule has 20 heavy (non-hydrogen) atoms. The van der Waals surface area contributed by atoms with Gasteiger partial charge in [-0.25, -0.2) is 0 Å². The van der Waals surface area contributed by atoms with E-state index in [2.05, 4.69) is 10.6 Å². The van der Waals surface area contributed by atoms with Crippen LogP contribution in [0.2, 0.25) is 0 Å². The van der Waals surface area contributed by atoms with Crippen molar-refractivity contribution in [3.05, 3.63) is 42.4 Å². The molecule has 0 bridgehead atoms. The molecule has 1 aliphatic rings. The predicted molar refractivity (Wildman–Crippen MR) is 71.8 cm³/mol. The van der Waals surface area contributed by atoms with Gasteiger partial charge in [-0.05, 0) is 37.3 Å². The minimum atomic E-state index is -0.522. The number of amides is 2. The zero-order valence-corrected chi connectivity index (χ0v) is 10.7. The number of benzene rings is 1. The van der Waals surface area contributed by atoms with Gasteiger partial charge in [0.05, 0.1) is 12.0 Å². The lowest BCUT2D eigenvalue weighted by molar-refractivity contribution is -0.122. The van der Waals surface area contributed by atoms with Gasteiger partial charge in [-0.3, -0.25) is 9.59 Å². The lowest BCUT2D eigenvalue weighted by atomic mass is 10.2. The van der Waals surface area contributed by atoms with Gasteiger partial charge < -0.3 is 19.8 Å². The summed E-state index contributed by atoms with van der Waals surface area (Å²) in [5.41, 5.74) is 1.08. The van der Waals surface area contributed by atoms with Crippen molar-refractivity contribution in [3.63, 3.8) is 0 Å². The number of ether oxygens (including phenoxy) is 1. The molecule has 2 heterocycles. The van der Waals surface area contributed by atoms with E-state index in [1.165, 1.54) is 6.26 Å². The van der Waals surface area contributed by atoms with E-state index in [0.717, 1.165) is 0 Å². The van der Waals surface area contributed by atoms with E-state index < -0.39 is 6.10 Å². The van der Waals surface area contributed by atoms with Gasteiger partial charge >= 0.3 is 0 Å². The third kappa shape index (κ3) is 2.23. The first-order chi connectivity index (χ1) is 9.63. The van der Waals surface area contributed by atoms with Gasteiger partial charge in [0.25, 0.3) is 11.8 Å². The van der Waals surface area contributed by atoms with E-state index in [4.69, 9.17) is 9.15 Å². The summed E-state index contributed by atoms with van der Waals surface area (Å²) in [5, 5.41) is 5.40. The molecule has 6 heteroatoms. The second-order valence-electron chi connectivity index (χ2n) is 4.39. The van der Waals surface area contributed by atoms with Crippen molar-refractivity contribution in [2.24, 2.45) is 0 Å². The van der Waals surface area contributed by atoms with Crippen molar-refractivity contribution < 1.29 is 18.7 Å². The quantitative estimate of drug-likeness (QED) is 0.878. The maximum Gasteiger partial charge on any atom is 0.291 e. The summed E-state index contributed by atoms with van der Waals surface area (Å²) in [6.45, 7) is 1.67. The number of rotatable bonds is 2. The Kier molecular flexibility index (Phi) is 2.90. The molecule has 3 rings (SSSR count). The van der Waals surface area contributed by atoms with Gasteiger partial charge in [-0.1, -0.05) is 0 Å².